The van der Waals surface area contributed by atoms with E-state index in [0.717, 1.165) is 18.6 Å². The molecule has 21 heavy (non-hydrogen) atoms. The fourth-order valence-corrected chi connectivity index (χ4v) is 1.88. The molecule has 1 atom stereocenters. The Balaban J connectivity index is 2.84. The summed E-state index contributed by atoms with van der Waals surface area (Å²) >= 11 is 0. The zero-order chi connectivity index (χ0) is 16.2. The molecule has 1 amide bonds. The third-order valence-corrected chi connectivity index (χ3v) is 3.10. The largest absolute Gasteiger partial charge is 0.419 e. The maximum Gasteiger partial charge on any atom is 0.419 e. The first kappa shape index (κ1) is 17.5. The molecule has 2 nitrogen and oxygen atoms in total. The second-order valence-electron chi connectivity index (χ2n) is 5.51. The molecule has 1 rings (SSSR count). The summed E-state index contributed by atoms with van der Waals surface area (Å²) in [6.45, 7) is 5.80. The van der Waals surface area contributed by atoms with Crippen molar-refractivity contribution >= 4 is 5.91 Å². The van der Waals surface area contributed by atoms with Crippen LogP contribution in [0.2, 0.25) is 0 Å². The highest BCUT2D eigenvalue weighted by Gasteiger charge is 2.35. The molecule has 1 N–H and O–H groups in total. The van der Waals surface area contributed by atoms with Crippen LogP contribution in [0.25, 0.3) is 0 Å². The number of hydrogen-bond acceptors (Lipinski definition) is 1. The molecule has 0 heterocycles. The fraction of sp³-hybridized carbons (Fsp3) is 0.533. The molecule has 0 bridgehead atoms. The van der Waals surface area contributed by atoms with Gasteiger partial charge in [0, 0.05) is 6.04 Å². The number of rotatable bonds is 5. The smallest absolute Gasteiger partial charge is 0.349 e. The summed E-state index contributed by atoms with van der Waals surface area (Å²) < 4.78 is 51.6. The lowest BCUT2D eigenvalue weighted by Gasteiger charge is -2.16. The van der Waals surface area contributed by atoms with E-state index in [1.165, 1.54) is 0 Å². The van der Waals surface area contributed by atoms with Crippen LogP contribution in [-0.2, 0) is 6.18 Å². The maximum absolute atomic E-state index is 13.8. The van der Waals surface area contributed by atoms with Gasteiger partial charge in [-0.05, 0) is 37.8 Å². The van der Waals surface area contributed by atoms with Crippen LogP contribution in [0.1, 0.15) is 49.5 Å². The monoisotopic (exact) mass is 305 g/mol. The van der Waals surface area contributed by atoms with E-state index in [9.17, 15) is 22.4 Å². The number of amides is 1. The molecule has 0 aliphatic carbocycles. The first-order chi connectivity index (χ1) is 9.62. The SMILES string of the molecule is CC(C)CCC(C)NC(=O)c1cccc(C(F)(F)F)c1F. The van der Waals surface area contributed by atoms with Crippen LogP contribution in [0.3, 0.4) is 0 Å². The van der Waals surface area contributed by atoms with Gasteiger partial charge in [-0.2, -0.15) is 13.2 Å². The molecule has 0 radical (unpaired) electrons. The summed E-state index contributed by atoms with van der Waals surface area (Å²) in [7, 11) is 0. The summed E-state index contributed by atoms with van der Waals surface area (Å²) in [5, 5.41) is 2.52. The van der Waals surface area contributed by atoms with Gasteiger partial charge >= 0.3 is 6.18 Å². The van der Waals surface area contributed by atoms with Crippen molar-refractivity contribution in [2.24, 2.45) is 5.92 Å². The molecule has 1 unspecified atom stereocenters. The predicted octanol–water partition coefficient (Wildman–Crippen LogP) is 4.40. The molecule has 1 aromatic rings. The van der Waals surface area contributed by atoms with Crippen molar-refractivity contribution in [1.82, 2.24) is 5.32 Å². The minimum atomic E-state index is -4.82. The summed E-state index contributed by atoms with van der Waals surface area (Å²) in [4.78, 5) is 11.9. The number of carbonyl (C=O) groups is 1. The van der Waals surface area contributed by atoms with Crippen molar-refractivity contribution in [2.45, 2.75) is 45.8 Å². The Morgan fingerprint density at radius 1 is 1.19 bits per heavy atom. The van der Waals surface area contributed by atoms with E-state index >= 15 is 0 Å². The molecule has 0 saturated heterocycles. The average molecular weight is 305 g/mol. The number of benzene rings is 1. The summed E-state index contributed by atoms with van der Waals surface area (Å²) in [6.07, 6.45) is -3.26. The average Bonchev–Trinajstić information content (AvgIpc) is 2.35. The Bertz CT molecular complexity index is 497. The van der Waals surface area contributed by atoms with E-state index in [1.54, 1.807) is 6.92 Å². The molecule has 1 aromatic carbocycles. The van der Waals surface area contributed by atoms with Crippen molar-refractivity contribution in [3.05, 3.63) is 35.1 Å². The number of nitrogens with one attached hydrogen (secondary N) is 1. The Labute approximate surface area is 121 Å². The first-order valence-electron chi connectivity index (χ1n) is 6.79. The maximum atomic E-state index is 13.8. The van der Waals surface area contributed by atoms with Gasteiger partial charge in [-0.3, -0.25) is 4.79 Å². The van der Waals surface area contributed by atoms with Crippen molar-refractivity contribution in [3.63, 3.8) is 0 Å². The molecule has 118 valence electrons. The van der Waals surface area contributed by atoms with E-state index in [4.69, 9.17) is 0 Å². The van der Waals surface area contributed by atoms with E-state index < -0.39 is 29.0 Å². The number of alkyl halides is 3. The van der Waals surface area contributed by atoms with Gasteiger partial charge in [-0.15, -0.1) is 0 Å². The molecule has 0 aliphatic rings. The molecule has 0 spiro atoms. The molecular formula is C15H19F4NO. The quantitative estimate of drug-likeness (QED) is 0.803. The van der Waals surface area contributed by atoms with E-state index in [0.29, 0.717) is 18.4 Å². The molecule has 6 heteroatoms. The van der Waals surface area contributed by atoms with Gasteiger partial charge in [0.05, 0.1) is 11.1 Å². The van der Waals surface area contributed by atoms with Crippen LogP contribution in [0, 0.1) is 11.7 Å². The lowest BCUT2D eigenvalue weighted by Crippen LogP contribution is -2.33. The second kappa shape index (κ2) is 6.91. The lowest BCUT2D eigenvalue weighted by atomic mass is 10.0. The third kappa shape index (κ3) is 5.02. The van der Waals surface area contributed by atoms with E-state index in [-0.39, 0.29) is 6.04 Å². The van der Waals surface area contributed by atoms with E-state index in [2.05, 4.69) is 5.32 Å². The molecular weight excluding hydrogens is 286 g/mol. The molecule has 0 saturated carbocycles. The van der Waals surface area contributed by atoms with Crippen LogP contribution >= 0.6 is 0 Å². The van der Waals surface area contributed by atoms with Crippen LogP contribution < -0.4 is 5.32 Å². The molecule has 0 aromatic heterocycles. The van der Waals surface area contributed by atoms with Crippen molar-refractivity contribution < 1.29 is 22.4 Å². The predicted molar refractivity (Wildman–Crippen MR) is 72.4 cm³/mol. The van der Waals surface area contributed by atoms with Crippen LogP contribution in [0.5, 0.6) is 0 Å². The van der Waals surface area contributed by atoms with Crippen molar-refractivity contribution in [1.29, 1.82) is 0 Å². The molecule has 0 aliphatic heterocycles. The van der Waals surface area contributed by atoms with E-state index in [1.807, 2.05) is 13.8 Å². The van der Waals surface area contributed by atoms with Gasteiger partial charge in [0.25, 0.3) is 5.91 Å². The highest BCUT2D eigenvalue weighted by atomic mass is 19.4. The number of carbonyl (C=O) groups excluding carboxylic acids is 1. The van der Waals surface area contributed by atoms with Gasteiger partial charge in [-0.25, -0.2) is 4.39 Å². The van der Waals surface area contributed by atoms with Gasteiger partial charge < -0.3 is 5.32 Å². The zero-order valence-corrected chi connectivity index (χ0v) is 12.2. The minimum absolute atomic E-state index is 0.228. The van der Waals surface area contributed by atoms with Crippen molar-refractivity contribution in [2.75, 3.05) is 0 Å². The first-order valence-corrected chi connectivity index (χ1v) is 6.79. The standard InChI is InChI=1S/C15H19F4NO/c1-9(2)7-8-10(3)20-14(21)11-5-4-6-12(13(11)16)15(17,18)19/h4-6,9-10H,7-8H2,1-3H3,(H,20,21). The zero-order valence-electron chi connectivity index (χ0n) is 12.2. The van der Waals surface area contributed by atoms with Gasteiger partial charge in [-0.1, -0.05) is 19.9 Å². The second-order valence-corrected chi connectivity index (χ2v) is 5.51. The normalized spacial score (nSPS) is 13.3. The number of halogens is 4. The number of hydrogen-bond donors (Lipinski definition) is 1. The summed E-state index contributed by atoms with van der Waals surface area (Å²) in [5.74, 6) is -1.90. The summed E-state index contributed by atoms with van der Waals surface area (Å²) in [6, 6.07) is 2.47. The van der Waals surface area contributed by atoms with Crippen LogP contribution in [0.15, 0.2) is 18.2 Å². The fourth-order valence-electron chi connectivity index (χ4n) is 1.88. The third-order valence-electron chi connectivity index (χ3n) is 3.10. The van der Waals surface area contributed by atoms with Crippen LogP contribution in [0.4, 0.5) is 17.6 Å². The lowest BCUT2D eigenvalue weighted by molar-refractivity contribution is -0.140. The Morgan fingerprint density at radius 3 is 2.33 bits per heavy atom. The molecule has 0 fully saturated rings. The minimum Gasteiger partial charge on any atom is -0.349 e. The van der Waals surface area contributed by atoms with Crippen molar-refractivity contribution in [3.8, 4) is 0 Å². The Morgan fingerprint density at radius 2 is 1.81 bits per heavy atom. The Hall–Kier alpha value is -1.59. The highest BCUT2D eigenvalue weighted by Crippen LogP contribution is 2.32. The van der Waals surface area contributed by atoms with Gasteiger partial charge in [0.15, 0.2) is 0 Å². The topological polar surface area (TPSA) is 29.1 Å². The van der Waals surface area contributed by atoms with Crippen LogP contribution in [-0.4, -0.2) is 11.9 Å². The van der Waals surface area contributed by atoms with Gasteiger partial charge in [0.2, 0.25) is 0 Å². The summed E-state index contributed by atoms with van der Waals surface area (Å²) in [5.41, 5.74) is -2.01. The highest BCUT2D eigenvalue weighted by molar-refractivity contribution is 5.94. The van der Waals surface area contributed by atoms with Gasteiger partial charge in [0.1, 0.15) is 5.82 Å². The Kier molecular flexibility index (Phi) is 5.75.